The van der Waals surface area contributed by atoms with Gasteiger partial charge in [0, 0.05) is 24.8 Å². The summed E-state index contributed by atoms with van der Waals surface area (Å²) in [6.07, 6.45) is -0.466. The van der Waals surface area contributed by atoms with E-state index in [1.807, 2.05) is 0 Å². The molecule has 2 aromatic carbocycles. The molecule has 0 bridgehead atoms. The molecule has 0 aliphatic rings. The van der Waals surface area contributed by atoms with Crippen molar-refractivity contribution < 1.29 is 38.9 Å². The molecule has 0 aliphatic heterocycles. The molecule has 2 heterocycles. The Morgan fingerprint density at radius 2 is 0.875 bits per heavy atom. The number of carbonyl (C=O) groups excluding carboxylic acids is 4. The Morgan fingerprint density at radius 3 is 1.18 bits per heavy atom. The predicted octanol–water partition coefficient (Wildman–Crippen LogP) is 4.02. The topological polar surface area (TPSA) is 212 Å². The summed E-state index contributed by atoms with van der Waals surface area (Å²) in [5, 5.41) is 24.8. The van der Waals surface area contributed by atoms with Crippen molar-refractivity contribution in [3.63, 3.8) is 0 Å². The van der Waals surface area contributed by atoms with Crippen molar-refractivity contribution in [3.8, 4) is 0 Å². The molecule has 56 heavy (non-hydrogen) atoms. The lowest BCUT2D eigenvalue weighted by Gasteiger charge is -2.41. The van der Waals surface area contributed by atoms with E-state index < -0.39 is 72.2 Å². The minimum absolute atomic E-state index is 0.163. The van der Waals surface area contributed by atoms with E-state index >= 15 is 0 Å². The number of aliphatic hydroxyl groups is 2. The normalized spacial score (nSPS) is 14.5. The van der Waals surface area contributed by atoms with Crippen LogP contribution in [0.5, 0.6) is 0 Å². The van der Waals surface area contributed by atoms with E-state index in [4.69, 9.17) is 20.9 Å². The zero-order valence-electron chi connectivity index (χ0n) is 32.1. The van der Waals surface area contributed by atoms with Crippen LogP contribution < -0.4 is 11.5 Å². The Bertz CT molecular complexity index is 1700. The molecule has 14 heteroatoms. The SMILES string of the molecule is CC(C)[C@H](N)C(=O)N(C(=O)OCc1ccncc1)[C@@H](Cc1ccccc1)[C@@H](O)[C@H](O)[C@H](Cc1ccccc1)N(C(=O)OCc1ccncc1)C(=O)[C@@H](N)C(C)C. The second kappa shape index (κ2) is 20.9. The van der Waals surface area contributed by atoms with Gasteiger partial charge in [0.2, 0.25) is 11.8 Å². The van der Waals surface area contributed by atoms with Gasteiger partial charge in [0.1, 0.15) is 25.4 Å². The van der Waals surface area contributed by atoms with Gasteiger partial charge >= 0.3 is 12.2 Å². The molecule has 0 fully saturated rings. The lowest BCUT2D eigenvalue weighted by Crippen LogP contribution is -2.64. The number of nitrogens with zero attached hydrogens (tertiary/aromatic N) is 4. The Kier molecular flexibility index (Phi) is 16.2. The van der Waals surface area contributed by atoms with Crippen molar-refractivity contribution in [3.05, 3.63) is 132 Å². The number of imide groups is 2. The first-order valence-corrected chi connectivity index (χ1v) is 18.5. The molecule has 0 radical (unpaired) electrons. The average molecular weight is 769 g/mol. The molecule has 4 amide bonds. The molecule has 0 saturated carbocycles. The van der Waals surface area contributed by atoms with Gasteiger partial charge in [-0.05, 0) is 71.2 Å². The van der Waals surface area contributed by atoms with Crippen LogP contribution in [0.25, 0.3) is 0 Å². The van der Waals surface area contributed by atoms with Gasteiger partial charge in [0.05, 0.1) is 24.2 Å². The Morgan fingerprint density at radius 1 is 0.554 bits per heavy atom. The van der Waals surface area contributed by atoms with E-state index in [2.05, 4.69) is 9.97 Å². The monoisotopic (exact) mass is 768 g/mol. The van der Waals surface area contributed by atoms with Crippen LogP contribution in [0.4, 0.5) is 9.59 Å². The van der Waals surface area contributed by atoms with Crippen molar-refractivity contribution in [2.45, 2.75) is 90.1 Å². The summed E-state index contributed by atoms with van der Waals surface area (Å²) in [6.45, 7) is 6.33. The van der Waals surface area contributed by atoms with Gasteiger partial charge in [-0.2, -0.15) is 0 Å². The first kappa shape index (κ1) is 43.2. The van der Waals surface area contributed by atoms with E-state index in [-0.39, 0.29) is 26.1 Å². The van der Waals surface area contributed by atoms with Crippen LogP contribution in [0.2, 0.25) is 0 Å². The van der Waals surface area contributed by atoms with Crippen LogP contribution in [0.3, 0.4) is 0 Å². The number of benzene rings is 2. The molecule has 2 aromatic heterocycles. The Hall–Kier alpha value is -5.54. The van der Waals surface area contributed by atoms with Crippen LogP contribution in [-0.2, 0) is 45.1 Å². The van der Waals surface area contributed by atoms with Gasteiger partial charge in [0.25, 0.3) is 0 Å². The summed E-state index contributed by atoms with van der Waals surface area (Å²) in [5.74, 6) is -2.61. The molecule has 4 rings (SSSR count). The molecular formula is C42H52N6O8. The highest BCUT2D eigenvalue weighted by Crippen LogP contribution is 2.26. The number of nitrogens with two attached hydrogens (primary N) is 2. The predicted molar refractivity (Wildman–Crippen MR) is 208 cm³/mol. The third kappa shape index (κ3) is 11.7. The fourth-order valence-corrected chi connectivity index (χ4v) is 5.95. The van der Waals surface area contributed by atoms with Gasteiger partial charge in [-0.15, -0.1) is 0 Å². The largest absolute Gasteiger partial charge is 0.444 e. The van der Waals surface area contributed by atoms with Crippen molar-refractivity contribution in [1.82, 2.24) is 19.8 Å². The van der Waals surface area contributed by atoms with Gasteiger partial charge in [-0.25, -0.2) is 19.4 Å². The van der Waals surface area contributed by atoms with Gasteiger partial charge in [0.15, 0.2) is 0 Å². The maximum absolute atomic E-state index is 14.2. The molecule has 0 spiro atoms. The van der Waals surface area contributed by atoms with Crippen molar-refractivity contribution in [1.29, 1.82) is 0 Å². The van der Waals surface area contributed by atoms with E-state index in [1.165, 1.54) is 24.8 Å². The van der Waals surface area contributed by atoms with Crippen LogP contribution in [0.1, 0.15) is 49.9 Å². The number of carbonyl (C=O) groups is 4. The van der Waals surface area contributed by atoms with E-state index in [0.29, 0.717) is 22.3 Å². The highest BCUT2D eigenvalue weighted by Gasteiger charge is 2.47. The second-order valence-electron chi connectivity index (χ2n) is 14.3. The molecule has 0 aliphatic carbocycles. The van der Waals surface area contributed by atoms with Crippen LogP contribution in [0, 0.1) is 11.8 Å². The highest BCUT2D eigenvalue weighted by molar-refractivity contribution is 5.96. The first-order chi connectivity index (χ1) is 26.8. The summed E-state index contributed by atoms with van der Waals surface area (Å²) in [7, 11) is 0. The van der Waals surface area contributed by atoms with Crippen LogP contribution >= 0.6 is 0 Å². The minimum atomic E-state index is -1.99. The summed E-state index contributed by atoms with van der Waals surface area (Å²) >= 11 is 0. The molecule has 4 aromatic rings. The first-order valence-electron chi connectivity index (χ1n) is 18.5. The lowest BCUT2D eigenvalue weighted by molar-refractivity contribution is -0.145. The van der Waals surface area contributed by atoms with Crippen LogP contribution in [-0.4, -0.2) is 90.4 Å². The minimum Gasteiger partial charge on any atom is -0.444 e. The third-order valence-corrected chi connectivity index (χ3v) is 9.48. The zero-order valence-corrected chi connectivity index (χ0v) is 32.1. The number of pyridine rings is 2. The number of hydrogen-bond acceptors (Lipinski definition) is 12. The standard InChI is InChI=1S/C42H52N6O8/c1-27(2)35(43)39(51)47(41(53)55-25-31-15-19-45-20-16-31)33(23-29-11-7-5-8-12-29)37(49)38(50)34(24-30-13-9-6-10-14-30)48(40(52)36(44)28(3)4)42(54)56-26-32-17-21-46-22-18-32/h5-22,27-28,33-38,49-50H,23-26,43-44H2,1-4H3/t33-,34-,35-,36-,37+,38+/m0/s1. The molecule has 0 saturated heterocycles. The van der Waals surface area contributed by atoms with Crippen molar-refractivity contribution >= 4 is 24.0 Å². The molecule has 0 unspecified atom stereocenters. The molecule has 298 valence electrons. The number of ether oxygens (including phenoxy) is 2. The summed E-state index contributed by atoms with van der Waals surface area (Å²) < 4.78 is 11.3. The molecule has 14 nitrogen and oxygen atoms in total. The molecule has 6 atom stereocenters. The zero-order chi connectivity index (χ0) is 40.8. The van der Waals surface area contributed by atoms with E-state index in [9.17, 15) is 29.4 Å². The Labute approximate surface area is 327 Å². The van der Waals surface area contributed by atoms with Gasteiger partial charge in [-0.3, -0.25) is 19.6 Å². The molecular weight excluding hydrogens is 716 g/mol. The average Bonchev–Trinajstić information content (AvgIpc) is 3.21. The maximum Gasteiger partial charge on any atom is 0.417 e. The maximum atomic E-state index is 14.2. The fraction of sp³-hybridized carbons (Fsp3) is 0.381. The van der Waals surface area contributed by atoms with Gasteiger partial charge in [-0.1, -0.05) is 88.4 Å². The third-order valence-electron chi connectivity index (χ3n) is 9.48. The Balaban J connectivity index is 1.84. The van der Waals surface area contributed by atoms with Gasteiger partial charge < -0.3 is 31.2 Å². The number of aliphatic hydroxyl groups excluding tert-OH is 2. The number of hydrogen-bond donors (Lipinski definition) is 4. The van der Waals surface area contributed by atoms with Crippen molar-refractivity contribution in [2.75, 3.05) is 0 Å². The number of rotatable bonds is 17. The summed E-state index contributed by atoms with van der Waals surface area (Å²) in [6, 6.07) is 18.5. The van der Waals surface area contributed by atoms with E-state index in [0.717, 1.165) is 9.80 Å². The lowest BCUT2D eigenvalue weighted by atomic mass is 9.88. The highest BCUT2D eigenvalue weighted by atomic mass is 16.6. The van der Waals surface area contributed by atoms with Crippen LogP contribution in [0.15, 0.2) is 110 Å². The number of aromatic nitrogens is 2. The number of amides is 4. The fourth-order valence-electron chi connectivity index (χ4n) is 5.95. The summed E-state index contributed by atoms with van der Waals surface area (Å²) in [4.78, 5) is 66.1. The smallest absolute Gasteiger partial charge is 0.417 e. The van der Waals surface area contributed by atoms with Crippen molar-refractivity contribution in [2.24, 2.45) is 23.3 Å². The summed E-state index contributed by atoms with van der Waals surface area (Å²) in [5.41, 5.74) is 15.1. The quantitative estimate of drug-likeness (QED) is 0.120. The second-order valence-corrected chi connectivity index (χ2v) is 14.3. The molecule has 6 N–H and O–H groups in total. The van der Waals surface area contributed by atoms with E-state index in [1.54, 1.807) is 113 Å².